The summed E-state index contributed by atoms with van der Waals surface area (Å²) in [6.07, 6.45) is 6.84. The molecule has 6 heteroatoms. The van der Waals surface area contributed by atoms with E-state index in [2.05, 4.69) is 31.3 Å². The average molecular weight is 325 g/mol. The van der Waals surface area contributed by atoms with Crippen LogP contribution in [0, 0.1) is 0 Å². The van der Waals surface area contributed by atoms with Crippen molar-refractivity contribution in [3.63, 3.8) is 0 Å². The van der Waals surface area contributed by atoms with E-state index >= 15 is 0 Å². The highest BCUT2D eigenvalue weighted by Gasteiger charge is 2.22. The van der Waals surface area contributed by atoms with Gasteiger partial charge in [-0.3, -0.25) is 0 Å². The van der Waals surface area contributed by atoms with Gasteiger partial charge in [-0.25, -0.2) is 4.52 Å². The minimum atomic E-state index is -0.305. The van der Waals surface area contributed by atoms with E-state index < -0.39 is 0 Å². The van der Waals surface area contributed by atoms with E-state index in [1.807, 2.05) is 18.3 Å². The third kappa shape index (κ3) is 2.90. The van der Waals surface area contributed by atoms with Crippen LogP contribution >= 0.6 is 15.9 Å². The Morgan fingerprint density at radius 1 is 1.26 bits per heavy atom. The molecule has 0 aliphatic heterocycles. The van der Waals surface area contributed by atoms with Gasteiger partial charge in [0.15, 0.2) is 5.65 Å². The van der Waals surface area contributed by atoms with E-state index in [-0.39, 0.29) is 12.1 Å². The predicted octanol–water partition coefficient (Wildman–Crippen LogP) is 2.60. The summed E-state index contributed by atoms with van der Waals surface area (Å²) in [4.78, 5) is 4.42. The minimum Gasteiger partial charge on any atom is -0.391 e. The van der Waals surface area contributed by atoms with Crippen LogP contribution in [0.5, 0.6) is 0 Å². The van der Waals surface area contributed by atoms with Crippen LogP contribution in [0.3, 0.4) is 0 Å². The van der Waals surface area contributed by atoms with Crippen LogP contribution in [-0.2, 0) is 0 Å². The van der Waals surface area contributed by atoms with Gasteiger partial charge in [0.1, 0.15) is 0 Å². The monoisotopic (exact) mass is 324 g/mol. The molecular formula is C13H17BrN4O. The van der Waals surface area contributed by atoms with Crippen LogP contribution in [0.15, 0.2) is 22.8 Å². The Morgan fingerprint density at radius 3 is 3.00 bits per heavy atom. The van der Waals surface area contributed by atoms with E-state index in [1.165, 1.54) is 6.42 Å². The molecule has 2 atom stereocenters. The molecule has 2 aromatic heterocycles. The molecule has 2 aromatic rings. The van der Waals surface area contributed by atoms with E-state index in [0.717, 1.165) is 35.8 Å². The maximum Gasteiger partial charge on any atom is 0.243 e. The number of halogens is 1. The van der Waals surface area contributed by atoms with Gasteiger partial charge in [0.25, 0.3) is 0 Å². The van der Waals surface area contributed by atoms with Gasteiger partial charge < -0.3 is 10.4 Å². The van der Waals surface area contributed by atoms with Crippen LogP contribution < -0.4 is 5.32 Å². The van der Waals surface area contributed by atoms with Crippen molar-refractivity contribution >= 4 is 27.5 Å². The normalized spacial score (nSPS) is 24.3. The first-order valence-electron chi connectivity index (χ1n) is 6.69. The number of nitrogens with zero attached hydrogens (tertiary/aromatic N) is 3. The predicted molar refractivity (Wildman–Crippen MR) is 77.2 cm³/mol. The summed E-state index contributed by atoms with van der Waals surface area (Å²) in [6.45, 7) is 0. The first-order valence-corrected chi connectivity index (χ1v) is 7.48. The fourth-order valence-corrected chi connectivity index (χ4v) is 2.87. The lowest BCUT2D eigenvalue weighted by molar-refractivity contribution is 0.144. The molecule has 1 aliphatic carbocycles. The van der Waals surface area contributed by atoms with Crippen LogP contribution in [0.25, 0.3) is 5.65 Å². The lowest BCUT2D eigenvalue weighted by Gasteiger charge is -2.20. The molecule has 1 fully saturated rings. The molecule has 0 aromatic carbocycles. The second-order valence-electron chi connectivity index (χ2n) is 5.04. The third-order valence-corrected chi connectivity index (χ3v) is 4.06. The van der Waals surface area contributed by atoms with Gasteiger partial charge in [-0.2, -0.15) is 4.98 Å². The fraction of sp³-hybridized carbons (Fsp3) is 0.538. The van der Waals surface area contributed by atoms with Gasteiger partial charge in [-0.05, 0) is 40.9 Å². The van der Waals surface area contributed by atoms with E-state index in [0.29, 0.717) is 5.95 Å². The Bertz CT molecular complexity index is 571. The number of rotatable bonds is 2. The highest BCUT2D eigenvalue weighted by atomic mass is 79.9. The molecular weight excluding hydrogens is 308 g/mol. The van der Waals surface area contributed by atoms with Crippen molar-refractivity contribution in [2.24, 2.45) is 0 Å². The number of hydrogen-bond acceptors (Lipinski definition) is 4. The second-order valence-corrected chi connectivity index (χ2v) is 5.96. The molecule has 0 amide bonds. The minimum absolute atomic E-state index is 0.0587. The van der Waals surface area contributed by atoms with E-state index in [1.54, 1.807) is 4.52 Å². The van der Waals surface area contributed by atoms with Gasteiger partial charge in [-0.15, -0.1) is 5.10 Å². The fourth-order valence-electron chi connectivity index (χ4n) is 2.54. The van der Waals surface area contributed by atoms with Gasteiger partial charge in [0.2, 0.25) is 5.95 Å². The zero-order valence-corrected chi connectivity index (χ0v) is 12.2. The smallest absolute Gasteiger partial charge is 0.243 e. The van der Waals surface area contributed by atoms with Gasteiger partial charge in [0.05, 0.1) is 12.1 Å². The van der Waals surface area contributed by atoms with Crippen molar-refractivity contribution in [2.45, 2.75) is 44.2 Å². The van der Waals surface area contributed by atoms with Gasteiger partial charge in [0, 0.05) is 10.7 Å². The number of fused-ring (bicyclic) bond motifs is 1. The Morgan fingerprint density at radius 2 is 2.11 bits per heavy atom. The molecule has 0 spiro atoms. The number of anilines is 1. The van der Waals surface area contributed by atoms with Crippen LogP contribution in [0.4, 0.5) is 5.95 Å². The molecule has 2 unspecified atom stereocenters. The quantitative estimate of drug-likeness (QED) is 0.833. The molecule has 3 rings (SSSR count). The summed E-state index contributed by atoms with van der Waals surface area (Å²) in [5, 5.41) is 17.8. The summed E-state index contributed by atoms with van der Waals surface area (Å²) >= 11 is 3.41. The number of aliphatic hydroxyl groups is 1. The lowest BCUT2D eigenvalue weighted by atomic mass is 10.1. The summed E-state index contributed by atoms with van der Waals surface area (Å²) < 4.78 is 2.70. The van der Waals surface area contributed by atoms with Crippen molar-refractivity contribution in [2.75, 3.05) is 5.32 Å². The summed E-state index contributed by atoms with van der Waals surface area (Å²) in [5.41, 5.74) is 0.800. The largest absolute Gasteiger partial charge is 0.391 e. The standard InChI is InChI=1S/C13H17BrN4O/c14-9-6-7-12-16-13(17-18(12)8-9)15-10-4-2-1-3-5-11(10)19/h6-8,10-11,19H,1-5H2,(H,15,17). The second kappa shape index (κ2) is 5.46. The van der Waals surface area contributed by atoms with Crippen molar-refractivity contribution in [1.29, 1.82) is 0 Å². The third-order valence-electron chi connectivity index (χ3n) is 3.59. The molecule has 19 heavy (non-hydrogen) atoms. The number of hydrogen-bond donors (Lipinski definition) is 2. The van der Waals surface area contributed by atoms with Crippen LogP contribution in [-0.4, -0.2) is 31.9 Å². The van der Waals surface area contributed by atoms with Crippen molar-refractivity contribution < 1.29 is 5.11 Å². The number of aromatic nitrogens is 3. The molecule has 2 heterocycles. The van der Waals surface area contributed by atoms with Crippen molar-refractivity contribution in [3.05, 3.63) is 22.8 Å². The zero-order valence-electron chi connectivity index (χ0n) is 10.6. The van der Waals surface area contributed by atoms with Crippen molar-refractivity contribution in [1.82, 2.24) is 14.6 Å². The van der Waals surface area contributed by atoms with Crippen LogP contribution in [0.2, 0.25) is 0 Å². The first-order chi connectivity index (χ1) is 9.22. The van der Waals surface area contributed by atoms with Gasteiger partial charge >= 0.3 is 0 Å². The number of nitrogens with one attached hydrogen (secondary N) is 1. The molecule has 0 radical (unpaired) electrons. The topological polar surface area (TPSA) is 62.5 Å². The number of pyridine rings is 1. The summed E-state index contributed by atoms with van der Waals surface area (Å²) in [5.74, 6) is 0.587. The lowest BCUT2D eigenvalue weighted by Crippen LogP contribution is -2.32. The Kier molecular flexibility index (Phi) is 3.70. The summed E-state index contributed by atoms with van der Waals surface area (Å²) in [7, 11) is 0. The Balaban J connectivity index is 1.80. The SMILES string of the molecule is OC1CCCCCC1Nc1nc2ccc(Br)cn2n1. The van der Waals surface area contributed by atoms with E-state index in [9.17, 15) is 5.11 Å². The average Bonchev–Trinajstić information content (AvgIpc) is 2.66. The molecule has 1 saturated carbocycles. The van der Waals surface area contributed by atoms with Gasteiger partial charge in [-0.1, -0.05) is 19.3 Å². The maximum absolute atomic E-state index is 10.1. The highest BCUT2D eigenvalue weighted by Crippen LogP contribution is 2.21. The molecule has 5 nitrogen and oxygen atoms in total. The first kappa shape index (κ1) is 12.9. The molecule has 1 aliphatic rings. The highest BCUT2D eigenvalue weighted by molar-refractivity contribution is 9.10. The molecule has 0 saturated heterocycles. The Labute approximate surface area is 120 Å². The molecule has 2 N–H and O–H groups in total. The number of aliphatic hydroxyl groups excluding tert-OH is 1. The maximum atomic E-state index is 10.1. The van der Waals surface area contributed by atoms with Crippen molar-refractivity contribution in [3.8, 4) is 0 Å². The molecule has 0 bridgehead atoms. The Hall–Kier alpha value is -1.14. The van der Waals surface area contributed by atoms with E-state index in [4.69, 9.17) is 0 Å². The summed E-state index contributed by atoms with van der Waals surface area (Å²) in [6, 6.07) is 3.91. The zero-order chi connectivity index (χ0) is 13.2. The molecule has 102 valence electrons. The van der Waals surface area contributed by atoms with Crippen LogP contribution in [0.1, 0.15) is 32.1 Å².